The zero-order valence-corrected chi connectivity index (χ0v) is 15.2. The summed E-state index contributed by atoms with van der Waals surface area (Å²) in [5.74, 6) is 2.07. The second-order valence-electron chi connectivity index (χ2n) is 7.97. The molecule has 0 bridgehead atoms. The van der Waals surface area contributed by atoms with Crippen LogP contribution in [0.25, 0.3) is 0 Å². The summed E-state index contributed by atoms with van der Waals surface area (Å²) in [5.41, 5.74) is 1.29. The van der Waals surface area contributed by atoms with Gasteiger partial charge >= 0.3 is 0 Å². The number of carbonyl (C=O) groups excluding carboxylic acids is 1. The molecular weight excluding hydrogens is 296 g/mol. The molecule has 1 aliphatic heterocycles. The molecule has 1 atom stereocenters. The SMILES string of the molecule is CC(C)C(CC(=O)N1CCC(NCC2CC2)CC1)c1ccccc1. The van der Waals surface area contributed by atoms with Gasteiger partial charge in [-0.3, -0.25) is 4.79 Å². The van der Waals surface area contributed by atoms with Gasteiger partial charge in [0.05, 0.1) is 0 Å². The molecule has 1 aromatic rings. The lowest BCUT2D eigenvalue weighted by atomic mass is 9.85. The highest BCUT2D eigenvalue weighted by molar-refractivity contribution is 5.77. The number of nitrogens with one attached hydrogen (secondary N) is 1. The normalized spacial score (nSPS) is 20.4. The fourth-order valence-corrected chi connectivity index (χ4v) is 3.74. The Bertz CT molecular complexity index is 516. The first kappa shape index (κ1) is 17.5. The van der Waals surface area contributed by atoms with Gasteiger partial charge in [0.15, 0.2) is 0 Å². The summed E-state index contributed by atoms with van der Waals surface area (Å²) in [5, 5.41) is 3.69. The molecule has 132 valence electrons. The van der Waals surface area contributed by atoms with Crippen LogP contribution in [0.15, 0.2) is 30.3 Å². The smallest absolute Gasteiger partial charge is 0.223 e. The molecule has 0 radical (unpaired) electrons. The van der Waals surface area contributed by atoms with Gasteiger partial charge in [-0.25, -0.2) is 0 Å². The second kappa shape index (κ2) is 8.15. The molecule has 1 saturated heterocycles. The van der Waals surface area contributed by atoms with E-state index < -0.39 is 0 Å². The molecule has 0 spiro atoms. The van der Waals surface area contributed by atoms with Crippen LogP contribution in [0.3, 0.4) is 0 Å². The van der Waals surface area contributed by atoms with E-state index in [9.17, 15) is 4.79 Å². The molecule has 1 saturated carbocycles. The third-order valence-corrected chi connectivity index (χ3v) is 5.67. The molecule has 0 aromatic heterocycles. The summed E-state index contributed by atoms with van der Waals surface area (Å²) in [6.45, 7) is 7.46. The number of benzene rings is 1. The van der Waals surface area contributed by atoms with Crippen LogP contribution in [0.4, 0.5) is 0 Å². The van der Waals surface area contributed by atoms with Crippen molar-refractivity contribution >= 4 is 5.91 Å². The Kier molecular flexibility index (Phi) is 5.94. The van der Waals surface area contributed by atoms with Crippen molar-refractivity contribution in [3.63, 3.8) is 0 Å². The van der Waals surface area contributed by atoms with Crippen molar-refractivity contribution in [2.45, 2.75) is 57.9 Å². The van der Waals surface area contributed by atoms with E-state index in [1.807, 2.05) is 6.07 Å². The van der Waals surface area contributed by atoms with Crippen LogP contribution in [-0.4, -0.2) is 36.5 Å². The van der Waals surface area contributed by atoms with Crippen LogP contribution in [0, 0.1) is 11.8 Å². The van der Waals surface area contributed by atoms with Gasteiger partial charge in [-0.1, -0.05) is 44.2 Å². The topological polar surface area (TPSA) is 32.3 Å². The minimum absolute atomic E-state index is 0.324. The summed E-state index contributed by atoms with van der Waals surface area (Å²) in [6.07, 6.45) is 5.66. The molecule has 3 heteroatoms. The quantitative estimate of drug-likeness (QED) is 0.825. The highest BCUT2D eigenvalue weighted by atomic mass is 16.2. The van der Waals surface area contributed by atoms with E-state index in [0.29, 0.717) is 30.2 Å². The standard InChI is InChI=1S/C21H32N2O/c1-16(2)20(18-6-4-3-5-7-18)14-21(24)23-12-10-19(11-13-23)22-15-17-8-9-17/h3-7,16-17,19-20,22H,8-15H2,1-2H3. The van der Waals surface area contributed by atoms with Crippen molar-refractivity contribution < 1.29 is 4.79 Å². The van der Waals surface area contributed by atoms with Crippen LogP contribution in [0.2, 0.25) is 0 Å². The molecule has 1 unspecified atom stereocenters. The Balaban J connectivity index is 1.48. The number of hydrogen-bond donors (Lipinski definition) is 1. The number of amides is 1. The number of rotatable bonds is 7. The Labute approximate surface area is 146 Å². The predicted octanol–water partition coefficient (Wildman–Crippen LogP) is 3.81. The van der Waals surface area contributed by atoms with Crippen LogP contribution >= 0.6 is 0 Å². The first-order valence-electron chi connectivity index (χ1n) is 9.69. The third kappa shape index (κ3) is 4.83. The second-order valence-corrected chi connectivity index (χ2v) is 7.97. The number of likely N-dealkylation sites (tertiary alicyclic amines) is 1. The number of nitrogens with zero attached hydrogens (tertiary/aromatic N) is 1. The average Bonchev–Trinajstić information content (AvgIpc) is 3.43. The predicted molar refractivity (Wildman–Crippen MR) is 99.0 cm³/mol. The number of carbonyl (C=O) groups is 1. The van der Waals surface area contributed by atoms with Gasteiger partial charge < -0.3 is 10.2 Å². The fraction of sp³-hybridized carbons (Fsp3) is 0.667. The molecule has 1 N–H and O–H groups in total. The van der Waals surface area contributed by atoms with Gasteiger partial charge in [0, 0.05) is 25.6 Å². The fourth-order valence-electron chi connectivity index (χ4n) is 3.74. The highest BCUT2D eigenvalue weighted by Gasteiger charge is 2.28. The number of hydrogen-bond acceptors (Lipinski definition) is 2. The Morgan fingerprint density at radius 3 is 2.38 bits per heavy atom. The molecule has 2 fully saturated rings. The largest absolute Gasteiger partial charge is 0.343 e. The Hall–Kier alpha value is -1.35. The summed E-state index contributed by atoms with van der Waals surface area (Å²) >= 11 is 0. The van der Waals surface area contributed by atoms with Gasteiger partial charge in [-0.05, 0) is 55.5 Å². The van der Waals surface area contributed by atoms with Gasteiger partial charge in [-0.2, -0.15) is 0 Å². The van der Waals surface area contributed by atoms with E-state index in [-0.39, 0.29) is 0 Å². The summed E-state index contributed by atoms with van der Waals surface area (Å²) < 4.78 is 0. The third-order valence-electron chi connectivity index (χ3n) is 5.67. The maximum absolute atomic E-state index is 12.8. The monoisotopic (exact) mass is 328 g/mol. The van der Waals surface area contributed by atoms with Crippen molar-refractivity contribution in [2.75, 3.05) is 19.6 Å². The minimum Gasteiger partial charge on any atom is -0.343 e. The maximum Gasteiger partial charge on any atom is 0.223 e. The Morgan fingerprint density at radius 1 is 1.12 bits per heavy atom. The number of piperidine rings is 1. The first-order valence-corrected chi connectivity index (χ1v) is 9.69. The van der Waals surface area contributed by atoms with Crippen LogP contribution in [0.1, 0.15) is 57.4 Å². The van der Waals surface area contributed by atoms with Gasteiger partial charge in [0.2, 0.25) is 5.91 Å². The molecule has 3 rings (SSSR count). The van der Waals surface area contributed by atoms with Crippen molar-refractivity contribution in [3.8, 4) is 0 Å². The maximum atomic E-state index is 12.8. The van der Waals surface area contributed by atoms with Gasteiger partial charge in [-0.15, -0.1) is 0 Å². The average molecular weight is 328 g/mol. The Morgan fingerprint density at radius 2 is 1.79 bits per heavy atom. The van der Waals surface area contributed by atoms with E-state index in [4.69, 9.17) is 0 Å². The molecule has 1 heterocycles. The van der Waals surface area contributed by atoms with E-state index in [1.54, 1.807) is 0 Å². The molecule has 24 heavy (non-hydrogen) atoms. The first-order chi connectivity index (χ1) is 11.6. The molecule has 1 aromatic carbocycles. The van der Waals surface area contributed by atoms with Crippen LogP contribution in [-0.2, 0) is 4.79 Å². The molecule has 1 aliphatic carbocycles. The van der Waals surface area contributed by atoms with Crippen molar-refractivity contribution in [3.05, 3.63) is 35.9 Å². The van der Waals surface area contributed by atoms with E-state index in [0.717, 1.165) is 31.8 Å². The summed E-state index contributed by atoms with van der Waals surface area (Å²) in [4.78, 5) is 14.9. The van der Waals surface area contributed by atoms with Crippen molar-refractivity contribution in [1.29, 1.82) is 0 Å². The lowest BCUT2D eigenvalue weighted by molar-refractivity contribution is -0.133. The molecular formula is C21H32N2O. The van der Waals surface area contributed by atoms with E-state index in [2.05, 4.69) is 48.3 Å². The lowest BCUT2D eigenvalue weighted by Gasteiger charge is -2.34. The summed E-state index contributed by atoms with van der Waals surface area (Å²) in [6, 6.07) is 11.1. The van der Waals surface area contributed by atoms with Gasteiger partial charge in [0.25, 0.3) is 0 Å². The molecule has 1 amide bonds. The van der Waals surface area contributed by atoms with Gasteiger partial charge in [0.1, 0.15) is 0 Å². The van der Waals surface area contributed by atoms with Crippen molar-refractivity contribution in [2.24, 2.45) is 11.8 Å². The van der Waals surface area contributed by atoms with Crippen LogP contribution in [0.5, 0.6) is 0 Å². The zero-order chi connectivity index (χ0) is 16.9. The zero-order valence-electron chi connectivity index (χ0n) is 15.2. The summed E-state index contributed by atoms with van der Waals surface area (Å²) in [7, 11) is 0. The molecule has 3 nitrogen and oxygen atoms in total. The minimum atomic E-state index is 0.324. The van der Waals surface area contributed by atoms with Crippen molar-refractivity contribution in [1.82, 2.24) is 10.2 Å². The van der Waals surface area contributed by atoms with E-state index in [1.165, 1.54) is 24.9 Å². The highest BCUT2D eigenvalue weighted by Crippen LogP contribution is 2.30. The lowest BCUT2D eigenvalue weighted by Crippen LogP contribution is -2.45. The van der Waals surface area contributed by atoms with Crippen LogP contribution < -0.4 is 5.32 Å². The van der Waals surface area contributed by atoms with E-state index >= 15 is 0 Å². The molecule has 2 aliphatic rings.